The third-order valence-corrected chi connectivity index (χ3v) is 23.1. The van der Waals surface area contributed by atoms with Crippen LogP contribution >= 0.6 is 23.5 Å². The van der Waals surface area contributed by atoms with Crippen LogP contribution in [0.15, 0.2) is 100 Å². The van der Waals surface area contributed by atoms with Gasteiger partial charge in [-0.2, -0.15) is 0 Å². The molecule has 0 fully saturated rings. The van der Waals surface area contributed by atoms with Crippen molar-refractivity contribution in [2.45, 2.75) is 183 Å². The molecule has 0 saturated carbocycles. The second kappa shape index (κ2) is 55.4. The highest BCUT2D eigenvalue weighted by atomic mass is 32.2. The largest absolute Gasteiger partial charge is 0.458 e. The van der Waals surface area contributed by atoms with Crippen LogP contribution in [0.1, 0.15) is 178 Å². The molecular weight excluding hydrogens is 1700 g/mol. The van der Waals surface area contributed by atoms with E-state index in [0.717, 1.165) is 164 Å². The van der Waals surface area contributed by atoms with Crippen LogP contribution in [-0.2, 0) is 113 Å². The standard InChI is InChI=1S/C93H124FN13O20S2/c1-5-93(117)71-54-78-86-69(59-107(78)89(115)70(71)60-127-90(93)116)85-75(27-26-68-63(2)72(94)55-76(104-86)84(68)85)102-83(112)61-126-62-101-81(110)57-100-88(114)77(50-64-24-7-6-8-25-64)103-82(111)58-99-80(109)56-98-79(108)30-49-125-47-22-21-45-123-43-18-17-41-121-39-14-13-37-119-35-10-9-34-118-36-11-12-38-120-40-15-16-42-122-44-19-20-46-124-48-23-31-95-87(113)67-52-65(73-28-32-96-91(105-73)128-3)51-66(53-67)74-29-33-97-92(106-74)129-4/h6-8,24-25,28-29,32-33,51-55,75,77,117H,5,9-23,26-27,30-31,34-50,56-62H2,1-4H3,(H,95,113)(H,98,108)(H,99,109)(H,100,114)(H,101,110)(H,102,112)(H,103,111)/t75-,77-,93-/m0/s1. The number of nitrogens with one attached hydrogen (secondary N) is 7. The summed E-state index contributed by atoms with van der Waals surface area (Å²) in [6.07, 6.45) is 21.7. The minimum atomic E-state index is -2.06. The molecule has 0 unspecified atom stereocenters. The number of halogens is 1. The number of aromatic nitrogens is 6. The number of fused-ring (bicyclic) bond motifs is 5. The monoisotopic (exact) mass is 1830 g/mol. The molecule has 7 amide bonds. The van der Waals surface area contributed by atoms with Gasteiger partial charge in [0, 0.05) is 170 Å². The van der Waals surface area contributed by atoms with Gasteiger partial charge in [-0.05, 0) is 194 Å². The topological polar surface area (TPSA) is 420 Å². The molecule has 8 N–H and O–H groups in total. The summed E-state index contributed by atoms with van der Waals surface area (Å²) in [6, 6.07) is 19.3. The minimum absolute atomic E-state index is 0.0245. The van der Waals surface area contributed by atoms with Crippen LogP contribution < -0.4 is 42.8 Å². The zero-order valence-corrected chi connectivity index (χ0v) is 76.1. The molecule has 2 aliphatic heterocycles. The van der Waals surface area contributed by atoms with Crippen LogP contribution in [0.5, 0.6) is 0 Å². The highest BCUT2D eigenvalue weighted by molar-refractivity contribution is 7.98. The van der Waals surface area contributed by atoms with Crippen molar-refractivity contribution in [3.8, 4) is 33.9 Å². The number of cyclic esters (lactones) is 1. The van der Waals surface area contributed by atoms with Gasteiger partial charge < -0.3 is 94.3 Å². The van der Waals surface area contributed by atoms with E-state index >= 15 is 4.39 Å². The normalized spacial score (nSPS) is 14.4. The Bertz CT molecular complexity index is 4820. The predicted molar refractivity (Wildman–Crippen MR) is 483 cm³/mol. The first-order valence-corrected chi connectivity index (χ1v) is 47.2. The first-order chi connectivity index (χ1) is 62.8. The molecule has 3 aromatic carbocycles. The van der Waals surface area contributed by atoms with E-state index in [1.54, 1.807) is 62.6 Å². The zero-order chi connectivity index (χ0) is 91.4. The maximum absolute atomic E-state index is 15.5. The van der Waals surface area contributed by atoms with Crippen LogP contribution in [-0.4, -0.2) is 246 Å². The lowest BCUT2D eigenvalue weighted by Crippen LogP contribution is -2.52. The van der Waals surface area contributed by atoms with Gasteiger partial charge in [-0.1, -0.05) is 60.8 Å². The van der Waals surface area contributed by atoms with Crippen molar-refractivity contribution in [2.75, 3.05) is 158 Å². The summed E-state index contributed by atoms with van der Waals surface area (Å²) in [7, 11) is 0. The van der Waals surface area contributed by atoms with Crippen molar-refractivity contribution < 1.29 is 95.2 Å². The van der Waals surface area contributed by atoms with Gasteiger partial charge >= 0.3 is 5.97 Å². The lowest BCUT2D eigenvalue weighted by molar-refractivity contribution is -0.172. The summed E-state index contributed by atoms with van der Waals surface area (Å²) < 4.78 is 73.9. The van der Waals surface area contributed by atoms with Gasteiger partial charge in [-0.15, -0.1) is 0 Å². The number of rotatable bonds is 63. The van der Waals surface area contributed by atoms with Crippen LogP contribution in [0.2, 0.25) is 0 Å². The number of pyridine rings is 2. The van der Waals surface area contributed by atoms with Gasteiger partial charge in [-0.3, -0.25) is 38.4 Å². The average Bonchev–Trinajstić information content (AvgIpc) is 1.58. The summed E-state index contributed by atoms with van der Waals surface area (Å²) in [5.41, 5.74) is 5.44. The molecule has 0 radical (unpaired) electrons. The van der Waals surface area contributed by atoms with Gasteiger partial charge in [-0.25, -0.2) is 34.1 Å². The molecule has 3 aliphatic rings. The Labute approximate surface area is 760 Å². The molecule has 3 atom stereocenters. The number of benzene rings is 3. The number of carbonyl (C=O) groups excluding carboxylic acids is 8. The van der Waals surface area contributed by atoms with Gasteiger partial charge in [0.2, 0.25) is 35.4 Å². The lowest BCUT2D eigenvalue weighted by atomic mass is 9.81. The predicted octanol–water partition coefficient (Wildman–Crippen LogP) is 8.96. The third-order valence-electron chi connectivity index (χ3n) is 22.0. The molecule has 6 heterocycles. The quantitative estimate of drug-likeness (QED) is 0.00579. The van der Waals surface area contributed by atoms with Gasteiger partial charge in [0.1, 0.15) is 31.8 Å². The molecule has 33 nitrogen and oxygen atoms in total. The van der Waals surface area contributed by atoms with Crippen molar-refractivity contribution in [1.82, 2.24) is 66.7 Å². The summed E-state index contributed by atoms with van der Waals surface area (Å²) in [5, 5.41) is 32.0. The third kappa shape index (κ3) is 32.3. The number of aliphatic hydroxyl groups is 1. The second-order valence-corrected chi connectivity index (χ2v) is 33.1. The summed E-state index contributed by atoms with van der Waals surface area (Å²) in [4.78, 5) is 141. The van der Waals surface area contributed by atoms with Crippen molar-refractivity contribution in [2.24, 2.45) is 0 Å². The Morgan fingerprint density at radius 3 is 1.60 bits per heavy atom. The summed E-state index contributed by atoms with van der Waals surface area (Å²) in [6.45, 7) is 11.4. The van der Waals surface area contributed by atoms with E-state index in [4.69, 9.17) is 52.4 Å². The number of ether oxygens (including phenoxy) is 10. The number of amides is 7. The van der Waals surface area contributed by atoms with E-state index in [9.17, 15) is 48.3 Å². The molecule has 1 aliphatic carbocycles. The maximum atomic E-state index is 15.5. The molecule has 0 spiro atoms. The van der Waals surface area contributed by atoms with Crippen molar-refractivity contribution in [1.29, 1.82) is 0 Å². The van der Waals surface area contributed by atoms with Crippen LogP contribution in [0.25, 0.3) is 44.8 Å². The maximum Gasteiger partial charge on any atom is 0.343 e. The van der Waals surface area contributed by atoms with E-state index in [2.05, 4.69) is 57.2 Å². The highest BCUT2D eigenvalue weighted by Gasteiger charge is 2.46. The molecule has 7 aromatic rings. The van der Waals surface area contributed by atoms with E-state index in [1.807, 2.05) is 42.8 Å². The number of hydrogen-bond acceptors (Lipinski definition) is 27. The van der Waals surface area contributed by atoms with Gasteiger partial charge in [0.05, 0.1) is 72.7 Å². The Morgan fingerprint density at radius 1 is 0.566 bits per heavy atom. The lowest BCUT2D eigenvalue weighted by Gasteiger charge is -2.31. The SMILES string of the molecule is CC[C@@]1(O)C(=O)OCc2c1cc1n(c2=O)Cc2c-1nc1cc(F)c(C)c3c1c2[C@@H](NC(=O)COCNC(=O)CNC(=O)[C@H](Cc1ccccc1)NC(=O)CNC(=O)CNC(=O)CCOCCCCOCCCCOCCCCOCCCCOCCCCOCCCCOCCCCOCCCNC(=O)c1cc(-c2ccnc(SC)n2)cc(-c2ccnc(SC)n2)c1)CC3. The average molecular weight is 1830 g/mol. The number of hydrogen-bond donors (Lipinski definition) is 8. The second-order valence-electron chi connectivity index (χ2n) is 31.5. The molecule has 4 aromatic heterocycles. The fourth-order valence-electron chi connectivity index (χ4n) is 14.9. The smallest absolute Gasteiger partial charge is 0.343 e. The van der Waals surface area contributed by atoms with Crippen LogP contribution in [0.4, 0.5) is 4.39 Å². The Balaban J connectivity index is 0.454. The fourth-order valence-corrected chi connectivity index (χ4v) is 15.7. The Kier molecular flexibility index (Phi) is 43.5. The zero-order valence-electron chi connectivity index (χ0n) is 74.4. The Morgan fingerprint density at radius 2 is 1.07 bits per heavy atom. The van der Waals surface area contributed by atoms with Gasteiger partial charge in [0.15, 0.2) is 15.9 Å². The minimum Gasteiger partial charge on any atom is -0.458 e. The van der Waals surface area contributed by atoms with E-state index in [1.165, 1.54) is 34.2 Å². The van der Waals surface area contributed by atoms with E-state index < -0.39 is 103 Å². The number of unbranched alkanes of at least 4 members (excludes halogenated alkanes) is 7. The molecular formula is C93H124FN13O20S2. The molecule has 10 rings (SSSR count). The van der Waals surface area contributed by atoms with E-state index in [0.29, 0.717) is 139 Å². The fraction of sp³-hybridized carbons (Fsp3) is 0.548. The number of thioether (sulfide) groups is 2. The number of carbonyl (C=O) groups is 8. The van der Waals surface area contributed by atoms with Crippen molar-refractivity contribution in [3.63, 3.8) is 0 Å². The first-order valence-electron chi connectivity index (χ1n) is 44.8. The van der Waals surface area contributed by atoms with Crippen LogP contribution in [0.3, 0.4) is 0 Å². The number of nitrogens with zero attached hydrogens (tertiary/aromatic N) is 6. The molecule has 0 saturated heterocycles. The van der Waals surface area contributed by atoms with E-state index in [-0.39, 0.29) is 56.1 Å². The Hall–Kier alpha value is -9.83. The number of aryl methyl sites for hydroxylation is 1. The summed E-state index contributed by atoms with van der Waals surface area (Å²) >= 11 is 2.92. The van der Waals surface area contributed by atoms with Crippen molar-refractivity contribution in [3.05, 3.63) is 146 Å². The summed E-state index contributed by atoms with van der Waals surface area (Å²) in [5.74, 6) is -5.18. The molecule has 129 heavy (non-hydrogen) atoms. The molecule has 700 valence electrons. The van der Waals surface area contributed by atoms with Gasteiger partial charge in [0.25, 0.3) is 11.5 Å². The van der Waals surface area contributed by atoms with Crippen LogP contribution in [0, 0.1) is 12.7 Å². The molecule has 36 heteroatoms. The first kappa shape index (κ1) is 101. The van der Waals surface area contributed by atoms with Crippen molar-refractivity contribution >= 4 is 81.7 Å². The molecule has 0 bridgehead atoms. The highest BCUT2D eigenvalue weighted by Crippen LogP contribution is 2.46. The number of esters is 1.